The maximum absolute atomic E-state index is 11.8. The Morgan fingerprint density at radius 3 is 2.50 bits per heavy atom. The highest BCUT2D eigenvalue weighted by atomic mass is 32.1. The van der Waals surface area contributed by atoms with Crippen LogP contribution in [0.15, 0.2) is 42.3 Å². The van der Waals surface area contributed by atoms with E-state index in [1.165, 1.54) is 11.8 Å². The van der Waals surface area contributed by atoms with Gasteiger partial charge in [0.05, 0.1) is 6.20 Å². The van der Waals surface area contributed by atoms with Crippen molar-refractivity contribution in [2.24, 2.45) is 0 Å². The third-order valence-corrected chi connectivity index (χ3v) is 3.54. The standard InChI is InChI=1S/C14H14N2O2S2/c1-3-15-13(19)12(18-14(15)20)9-16(10(2)17)11-7-5-4-6-8-11/h4-9H,3H2,1-2H3/b12-9+. The van der Waals surface area contributed by atoms with Crippen molar-refractivity contribution >= 4 is 46.2 Å². The van der Waals surface area contributed by atoms with Crippen LogP contribution in [-0.2, 0) is 9.53 Å². The lowest BCUT2D eigenvalue weighted by atomic mass is 10.3. The highest BCUT2D eigenvalue weighted by molar-refractivity contribution is 7.82. The zero-order valence-electron chi connectivity index (χ0n) is 11.2. The van der Waals surface area contributed by atoms with Gasteiger partial charge < -0.3 is 4.74 Å². The Bertz CT molecular complexity index is 584. The lowest BCUT2D eigenvalue weighted by molar-refractivity contribution is -0.116. The molecule has 1 aromatic carbocycles. The first-order valence-electron chi connectivity index (χ1n) is 6.15. The Labute approximate surface area is 128 Å². The Morgan fingerprint density at radius 2 is 2.00 bits per heavy atom. The molecule has 1 fully saturated rings. The normalized spacial score (nSPS) is 16.5. The minimum absolute atomic E-state index is 0.129. The average molecular weight is 306 g/mol. The van der Waals surface area contributed by atoms with E-state index in [0.717, 1.165) is 5.69 Å². The van der Waals surface area contributed by atoms with E-state index in [1.54, 1.807) is 11.1 Å². The first kappa shape index (κ1) is 14.6. The third-order valence-electron chi connectivity index (χ3n) is 2.81. The molecule has 0 spiro atoms. The molecule has 0 aromatic heterocycles. The van der Waals surface area contributed by atoms with Gasteiger partial charge in [0.2, 0.25) is 5.91 Å². The quantitative estimate of drug-likeness (QED) is 0.633. The molecule has 104 valence electrons. The lowest BCUT2D eigenvalue weighted by Crippen LogP contribution is -2.27. The summed E-state index contributed by atoms with van der Waals surface area (Å²) < 4.78 is 5.46. The average Bonchev–Trinajstić information content (AvgIpc) is 2.70. The molecule has 0 N–H and O–H groups in total. The smallest absolute Gasteiger partial charge is 0.270 e. The number of hydrogen-bond donors (Lipinski definition) is 0. The zero-order chi connectivity index (χ0) is 14.7. The van der Waals surface area contributed by atoms with Crippen LogP contribution in [0.5, 0.6) is 0 Å². The summed E-state index contributed by atoms with van der Waals surface area (Å²) in [7, 11) is 0. The van der Waals surface area contributed by atoms with E-state index < -0.39 is 0 Å². The van der Waals surface area contributed by atoms with Crippen LogP contribution in [0.2, 0.25) is 0 Å². The molecule has 1 aromatic rings. The van der Waals surface area contributed by atoms with Crippen molar-refractivity contribution in [3.8, 4) is 0 Å². The maximum Gasteiger partial charge on any atom is 0.270 e. The molecular weight excluding hydrogens is 292 g/mol. The summed E-state index contributed by atoms with van der Waals surface area (Å²) in [6.07, 6.45) is 1.59. The summed E-state index contributed by atoms with van der Waals surface area (Å²) in [4.78, 5) is 15.5. The number of anilines is 1. The second-order valence-electron chi connectivity index (χ2n) is 4.14. The van der Waals surface area contributed by atoms with Gasteiger partial charge in [0.1, 0.15) is 0 Å². The van der Waals surface area contributed by atoms with Crippen LogP contribution in [0.1, 0.15) is 13.8 Å². The Hall–Kier alpha value is -1.79. The molecule has 20 heavy (non-hydrogen) atoms. The topological polar surface area (TPSA) is 32.8 Å². The number of benzene rings is 1. The van der Waals surface area contributed by atoms with Crippen molar-refractivity contribution in [3.05, 3.63) is 42.3 Å². The van der Waals surface area contributed by atoms with Gasteiger partial charge in [0, 0.05) is 19.2 Å². The van der Waals surface area contributed by atoms with Crippen LogP contribution in [0.4, 0.5) is 5.69 Å². The van der Waals surface area contributed by atoms with Crippen molar-refractivity contribution in [2.75, 3.05) is 11.4 Å². The van der Waals surface area contributed by atoms with Crippen molar-refractivity contribution in [1.29, 1.82) is 0 Å². The number of rotatable bonds is 3. The zero-order valence-corrected chi connectivity index (χ0v) is 12.8. The van der Waals surface area contributed by atoms with E-state index in [-0.39, 0.29) is 5.91 Å². The van der Waals surface area contributed by atoms with Gasteiger partial charge in [-0.2, -0.15) is 0 Å². The second-order valence-corrected chi connectivity index (χ2v) is 4.87. The van der Waals surface area contributed by atoms with E-state index >= 15 is 0 Å². The summed E-state index contributed by atoms with van der Waals surface area (Å²) in [5.74, 6) is 0.293. The van der Waals surface area contributed by atoms with E-state index in [2.05, 4.69) is 0 Å². The van der Waals surface area contributed by atoms with Crippen LogP contribution >= 0.6 is 24.4 Å². The van der Waals surface area contributed by atoms with Crippen LogP contribution in [0.3, 0.4) is 0 Å². The fraction of sp³-hybridized carbons (Fsp3) is 0.214. The van der Waals surface area contributed by atoms with Gasteiger partial charge in [-0.15, -0.1) is 0 Å². The number of likely N-dealkylation sites (N-methyl/N-ethyl adjacent to an activating group) is 1. The Kier molecular flexibility index (Phi) is 4.46. The van der Waals surface area contributed by atoms with Crippen molar-refractivity contribution in [3.63, 3.8) is 0 Å². The molecule has 1 saturated heterocycles. The van der Waals surface area contributed by atoms with Gasteiger partial charge in [-0.1, -0.05) is 30.4 Å². The predicted molar refractivity (Wildman–Crippen MR) is 86.3 cm³/mol. The molecule has 1 heterocycles. The number of amides is 1. The second kappa shape index (κ2) is 6.11. The maximum atomic E-state index is 11.8. The fourth-order valence-electron chi connectivity index (χ4n) is 1.82. The number of hydrogen-bond acceptors (Lipinski definition) is 4. The minimum Gasteiger partial charge on any atom is -0.427 e. The number of thiocarbonyl (C=S) groups is 2. The first-order valence-corrected chi connectivity index (χ1v) is 6.96. The molecular formula is C14H14N2O2S2. The third kappa shape index (κ3) is 2.86. The Balaban J connectivity index is 2.34. The molecule has 1 aliphatic heterocycles. The monoisotopic (exact) mass is 306 g/mol. The van der Waals surface area contributed by atoms with Crippen LogP contribution < -0.4 is 4.90 Å². The van der Waals surface area contributed by atoms with Crippen molar-refractivity contribution in [1.82, 2.24) is 4.90 Å². The summed E-state index contributed by atoms with van der Waals surface area (Å²) in [6.45, 7) is 4.06. The number of para-hydroxylation sites is 1. The predicted octanol–water partition coefficient (Wildman–Crippen LogP) is 2.85. The van der Waals surface area contributed by atoms with Gasteiger partial charge in [-0.3, -0.25) is 14.6 Å². The number of carbonyl (C=O) groups is 1. The summed E-state index contributed by atoms with van der Waals surface area (Å²) in [5, 5.41) is 0.320. The minimum atomic E-state index is -0.129. The van der Waals surface area contributed by atoms with Gasteiger partial charge in [-0.25, -0.2) is 0 Å². The molecule has 0 atom stereocenters. The van der Waals surface area contributed by atoms with Gasteiger partial charge >= 0.3 is 0 Å². The number of ether oxygens (including phenoxy) is 1. The highest BCUT2D eigenvalue weighted by Gasteiger charge is 2.29. The summed E-state index contributed by atoms with van der Waals surface area (Å²) in [5.41, 5.74) is 0.750. The van der Waals surface area contributed by atoms with E-state index in [4.69, 9.17) is 29.2 Å². The molecule has 0 radical (unpaired) electrons. The van der Waals surface area contributed by atoms with Crippen LogP contribution in [0, 0.1) is 0 Å². The lowest BCUT2D eigenvalue weighted by Gasteiger charge is -2.16. The summed E-state index contributed by atoms with van der Waals surface area (Å²) in [6, 6.07) is 9.29. The molecule has 0 unspecified atom stereocenters. The SMILES string of the molecule is CCN1C(=S)O/C(=C/N(C(C)=O)c2ccccc2)C1=S. The molecule has 0 bridgehead atoms. The number of carbonyl (C=O) groups excluding carboxylic acids is 1. The highest BCUT2D eigenvalue weighted by Crippen LogP contribution is 2.22. The molecule has 2 rings (SSSR count). The molecule has 1 amide bonds. The van der Waals surface area contributed by atoms with Gasteiger partial charge in [0.15, 0.2) is 10.7 Å². The van der Waals surface area contributed by atoms with Gasteiger partial charge in [-0.05, 0) is 31.3 Å². The van der Waals surface area contributed by atoms with Crippen molar-refractivity contribution in [2.45, 2.75) is 13.8 Å². The first-order chi connectivity index (χ1) is 9.54. The molecule has 0 aliphatic carbocycles. The van der Waals surface area contributed by atoms with E-state index in [9.17, 15) is 4.79 Å². The number of nitrogens with zero attached hydrogens (tertiary/aromatic N) is 2. The Morgan fingerprint density at radius 1 is 1.35 bits per heavy atom. The van der Waals surface area contributed by atoms with Crippen molar-refractivity contribution < 1.29 is 9.53 Å². The van der Waals surface area contributed by atoms with E-state index in [1.807, 2.05) is 37.3 Å². The van der Waals surface area contributed by atoms with Crippen LogP contribution in [0.25, 0.3) is 0 Å². The summed E-state index contributed by atoms with van der Waals surface area (Å²) >= 11 is 10.4. The largest absolute Gasteiger partial charge is 0.427 e. The van der Waals surface area contributed by atoms with Crippen LogP contribution in [-0.4, -0.2) is 27.5 Å². The van der Waals surface area contributed by atoms with E-state index in [0.29, 0.717) is 22.5 Å². The fourth-order valence-corrected chi connectivity index (χ4v) is 2.49. The molecule has 1 aliphatic rings. The molecule has 6 heteroatoms. The molecule has 0 saturated carbocycles. The molecule has 4 nitrogen and oxygen atoms in total. The van der Waals surface area contributed by atoms with Gasteiger partial charge in [0.25, 0.3) is 5.17 Å².